The molecule has 0 fully saturated rings. The molecule has 30 heavy (non-hydrogen) atoms. The van der Waals surface area contributed by atoms with Gasteiger partial charge in [-0.05, 0) is 42.6 Å². The highest BCUT2D eigenvalue weighted by Crippen LogP contribution is 2.35. The maximum Gasteiger partial charge on any atom is 0.385 e. The molecule has 2 N–H and O–H groups in total. The number of phenolic OH excluding ortho intramolecular Hbond substituents is 2. The highest BCUT2D eigenvalue weighted by molar-refractivity contribution is 5.92. The molecule has 0 saturated heterocycles. The third-order valence-corrected chi connectivity index (χ3v) is 4.56. The van der Waals surface area contributed by atoms with Gasteiger partial charge in [0, 0.05) is 16.0 Å². The first-order chi connectivity index (χ1) is 14.5. The van der Waals surface area contributed by atoms with Gasteiger partial charge < -0.3 is 14.9 Å². The number of aryl methyl sites for hydroxylation is 1. The van der Waals surface area contributed by atoms with Crippen LogP contribution in [0.4, 0.5) is 4.53 Å². The summed E-state index contributed by atoms with van der Waals surface area (Å²) in [4.78, 5) is 14.1. The van der Waals surface area contributed by atoms with Gasteiger partial charge in [0.25, 0.3) is 0 Å². The van der Waals surface area contributed by atoms with E-state index in [1.54, 1.807) is 35.8 Å². The number of phenols is 2. The van der Waals surface area contributed by atoms with Crippen LogP contribution in [0.1, 0.15) is 5.82 Å². The van der Waals surface area contributed by atoms with E-state index in [4.69, 9.17) is 4.74 Å². The molecule has 9 heteroatoms. The van der Waals surface area contributed by atoms with Gasteiger partial charge in [0.1, 0.15) is 23.1 Å². The van der Waals surface area contributed by atoms with Crippen LogP contribution in [0.2, 0.25) is 0 Å². The number of ether oxygens (including phenoxy) is 1. The van der Waals surface area contributed by atoms with Gasteiger partial charge in [-0.15, -0.1) is 10.2 Å². The Labute approximate surface area is 169 Å². The summed E-state index contributed by atoms with van der Waals surface area (Å²) in [5, 5.41) is 29.8. The molecule has 1 aromatic heterocycles. The number of carbonyl (C=O) groups is 1. The van der Waals surface area contributed by atoms with E-state index in [9.17, 15) is 19.5 Å². The number of halogens is 1. The monoisotopic (exact) mass is 409 g/mol. The van der Waals surface area contributed by atoms with Crippen LogP contribution in [-0.4, -0.2) is 37.6 Å². The number of benzene rings is 3. The lowest BCUT2D eigenvalue weighted by Crippen LogP contribution is -2.11. The van der Waals surface area contributed by atoms with Crippen LogP contribution in [-0.2, 0) is 9.74 Å². The van der Waals surface area contributed by atoms with E-state index in [0.717, 1.165) is 10.8 Å². The highest BCUT2D eigenvalue weighted by atomic mass is 19.3. The van der Waals surface area contributed by atoms with Gasteiger partial charge in [-0.25, -0.2) is 4.79 Å². The van der Waals surface area contributed by atoms with E-state index in [1.807, 2.05) is 18.2 Å². The third-order valence-electron chi connectivity index (χ3n) is 4.56. The Morgan fingerprint density at radius 3 is 2.70 bits per heavy atom. The molecule has 0 radical (unpaired) electrons. The quantitative estimate of drug-likeness (QED) is 0.518. The van der Waals surface area contributed by atoms with Gasteiger partial charge in [0.05, 0.1) is 11.3 Å². The smallest absolute Gasteiger partial charge is 0.385 e. The molecule has 0 spiro atoms. The zero-order chi connectivity index (χ0) is 21.3. The Morgan fingerprint density at radius 2 is 1.93 bits per heavy atom. The molecule has 0 bridgehead atoms. The van der Waals surface area contributed by atoms with Crippen molar-refractivity contribution < 1.29 is 29.2 Å². The number of fused-ring (bicyclic) bond motifs is 1. The van der Waals surface area contributed by atoms with Crippen molar-refractivity contribution in [3.05, 3.63) is 60.4 Å². The van der Waals surface area contributed by atoms with Crippen LogP contribution in [0.3, 0.4) is 0 Å². The maximum absolute atomic E-state index is 11.9. The summed E-state index contributed by atoms with van der Waals surface area (Å²) in [7, 11) is 0. The summed E-state index contributed by atoms with van der Waals surface area (Å²) in [5.74, 6) is -0.0548. The summed E-state index contributed by atoms with van der Waals surface area (Å²) in [6.45, 7) is 1.20. The molecular weight excluding hydrogens is 393 g/mol. The molecule has 152 valence electrons. The maximum atomic E-state index is 11.9. The molecule has 4 aromatic rings. The Morgan fingerprint density at radius 1 is 1.10 bits per heavy atom. The molecular formula is C21H16FN3O5. The zero-order valence-corrected chi connectivity index (χ0v) is 15.7. The first-order valence-corrected chi connectivity index (χ1v) is 8.89. The van der Waals surface area contributed by atoms with Crippen molar-refractivity contribution in [1.29, 1.82) is 0 Å². The molecule has 0 saturated carbocycles. The number of aromatic nitrogens is 3. The standard InChI is InChI=1S/C21H16FN3O5/c1-12-23-24-21(16-8-6-14(26)9-19(16)27)25(12)18-4-2-3-13-5-7-15(10-17(13)18)29-11-20(28)30-22/h2-10,26-27H,11H2,1H3. The lowest BCUT2D eigenvalue weighted by atomic mass is 10.1. The molecule has 0 amide bonds. The van der Waals surface area contributed by atoms with Gasteiger partial charge in [-0.3, -0.25) is 9.51 Å². The Bertz CT molecular complexity index is 1250. The fourth-order valence-electron chi connectivity index (χ4n) is 3.22. The van der Waals surface area contributed by atoms with Crippen LogP contribution in [0.15, 0.2) is 54.6 Å². The molecule has 0 unspecified atom stereocenters. The summed E-state index contributed by atoms with van der Waals surface area (Å²) >= 11 is 0. The number of hydrogen-bond donors (Lipinski definition) is 2. The van der Waals surface area contributed by atoms with E-state index >= 15 is 0 Å². The third kappa shape index (κ3) is 3.48. The van der Waals surface area contributed by atoms with E-state index in [-0.39, 0.29) is 11.5 Å². The van der Waals surface area contributed by atoms with Gasteiger partial charge in [-0.1, -0.05) is 18.2 Å². The fraction of sp³-hybridized carbons (Fsp3) is 0.0952. The second-order valence-electron chi connectivity index (χ2n) is 6.51. The van der Waals surface area contributed by atoms with Gasteiger partial charge in [0.2, 0.25) is 0 Å². The summed E-state index contributed by atoms with van der Waals surface area (Å²) < 4.78 is 19.0. The SMILES string of the molecule is Cc1nnc(-c2ccc(O)cc2O)n1-c1cccc2ccc(OCC(=O)OF)cc12. The van der Waals surface area contributed by atoms with Crippen LogP contribution < -0.4 is 4.74 Å². The molecule has 0 aliphatic rings. The zero-order valence-electron chi connectivity index (χ0n) is 15.7. The lowest BCUT2D eigenvalue weighted by molar-refractivity contribution is -0.185. The van der Waals surface area contributed by atoms with Crippen LogP contribution in [0, 0.1) is 6.92 Å². The second-order valence-corrected chi connectivity index (χ2v) is 6.51. The predicted octanol–water partition coefficient (Wildman–Crippen LogP) is 3.61. The van der Waals surface area contributed by atoms with E-state index in [0.29, 0.717) is 28.6 Å². The van der Waals surface area contributed by atoms with Gasteiger partial charge in [0.15, 0.2) is 12.4 Å². The Hall–Kier alpha value is -4.14. The van der Waals surface area contributed by atoms with Crippen LogP contribution in [0.5, 0.6) is 17.2 Å². The van der Waals surface area contributed by atoms with Gasteiger partial charge in [-0.2, -0.15) is 0 Å². The number of hydrogen-bond acceptors (Lipinski definition) is 7. The predicted molar refractivity (Wildman–Crippen MR) is 105 cm³/mol. The minimum atomic E-state index is -1.14. The summed E-state index contributed by atoms with van der Waals surface area (Å²) in [5.41, 5.74) is 1.10. The summed E-state index contributed by atoms with van der Waals surface area (Å²) in [6.07, 6.45) is 0. The minimum absolute atomic E-state index is 0.0715. The molecule has 1 heterocycles. The Balaban J connectivity index is 1.86. The molecule has 0 aliphatic carbocycles. The van der Waals surface area contributed by atoms with E-state index in [1.165, 1.54) is 12.1 Å². The van der Waals surface area contributed by atoms with Crippen molar-refractivity contribution >= 4 is 16.7 Å². The number of nitrogens with zero attached hydrogens (tertiary/aromatic N) is 3. The number of rotatable bonds is 5. The van der Waals surface area contributed by atoms with Crippen molar-refractivity contribution in [3.63, 3.8) is 0 Å². The topological polar surface area (TPSA) is 107 Å². The first-order valence-electron chi connectivity index (χ1n) is 8.89. The van der Waals surface area contributed by atoms with E-state index in [2.05, 4.69) is 15.1 Å². The minimum Gasteiger partial charge on any atom is -0.508 e. The summed E-state index contributed by atoms with van der Waals surface area (Å²) in [6, 6.07) is 15.0. The lowest BCUT2D eigenvalue weighted by Gasteiger charge is -2.14. The molecule has 4 rings (SSSR count). The molecule has 3 aromatic carbocycles. The molecule has 0 atom stereocenters. The highest BCUT2D eigenvalue weighted by Gasteiger charge is 2.18. The Kier molecular flexibility index (Phi) is 4.93. The number of aromatic hydroxyl groups is 2. The largest absolute Gasteiger partial charge is 0.508 e. The van der Waals surface area contributed by atoms with Crippen molar-refractivity contribution in [1.82, 2.24) is 14.8 Å². The first kappa shape index (κ1) is 19.2. The van der Waals surface area contributed by atoms with Crippen molar-refractivity contribution in [2.24, 2.45) is 0 Å². The van der Waals surface area contributed by atoms with Gasteiger partial charge >= 0.3 is 5.97 Å². The van der Waals surface area contributed by atoms with Crippen molar-refractivity contribution in [3.8, 4) is 34.3 Å². The molecule has 0 aliphatic heterocycles. The van der Waals surface area contributed by atoms with Crippen molar-refractivity contribution in [2.45, 2.75) is 6.92 Å². The fourth-order valence-corrected chi connectivity index (χ4v) is 3.22. The number of carbonyl (C=O) groups excluding carboxylic acids is 1. The normalized spacial score (nSPS) is 10.9. The average molecular weight is 409 g/mol. The van der Waals surface area contributed by atoms with Crippen LogP contribution in [0.25, 0.3) is 27.8 Å². The molecule has 8 nitrogen and oxygen atoms in total. The average Bonchev–Trinajstić information content (AvgIpc) is 3.12. The van der Waals surface area contributed by atoms with Crippen molar-refractivity contribution in [2.75, 3.05) is 6.61 Å². The second kappa shape index (κ2) is 7.70. The van der Waals surface area contributed by atoms with Crippen LogP contribution >= 0.6 is 0 Å². The van der Waals surface area contributed by atoms with E-state index < -0.39 is 12.6 Å².